The Labute approximate surface area is 211 Å². The van der Waals surface area contributed by atoms with E-state index in [0.29, 0.717) is 43.4 Å². The first-order chi connectivity index (χ1) is 17.3. The molecule has 1 fully saturated rings. The smallest absolute Gasteiger partial charge is 0.295 e. The first kappa shape index (κ1) is 25.3. The highest BCUT2D eigenvalue weighted by atomic mass is 16.5. The van der Waals surface area contributed by atoms with Crippen LogP contribution in [0.5, 0.6) is 11.5 Å². The van der Waals surface area contributed by atoms with Crippen LogP contribution in [-0.2, 0) is 9.59 Å². The summed E-state index contributed by atoms with van der Waals surface area (Å²) in [6, 6.07) is 12.1. The number of ether oxygens (including phenoxy) is 2. The third kappa shape index (κ3) is 4.56. The number of aromatic amines is 1. The lowest BCUT2D eigenvalue weighted by Gasteiger charge is -2.27. The van der Waals surface area contributed by atoms with Gasteiger partial charge in [-0.05, 0) is 53.1 Å². The Morgan fingerprint density at radius 3 is 2.50 bits per heavy atom. The molecule has 0 bridgehead atoms. The molecule has 36 heavy (non-hydrogen) atoms. The quantitative estimate of drug-likeness (QED) is 0.264. The van der Waals surface area contributed by atoms with E-state index in [1.54, 1.807) is 23.1 Å². The third-order valence-electron chi connectivity index (χ3n) is 6.36. The number of hydrogen-bond donors (Lipinski definition) is 2. The number of carbonyl (C=O) groups excluding carboxylic acids is 2. The summed E-state index contributed by atoms with van der Waals surface area (Å²) in [6.45, 7) is 7.38. The van der Waals surface area contributed by atoms with Gasteiger partial charge in [0.1, 0.15) is 17.3 Å². The molecule has 1 aliphatic heterocycles. The summed E-state index contributed by atoms with van der Waals surface area (Å²) in [5.41, 5.74) is 2.93. The molecule has 1 aliphatic rings. The summed E-state index contributed by atoms with van der Waals surface area (Å²) in [5, 5.41) is 12.5. The summed E-state index contributed by atoms with van der Waals surface area (Å²) < 4.78 is 11.4. The van der Waals surface area contributed by atoms with Crippen LogP contribution in [0.3, 0.4) is 0 Å². The molecule has 4 rings (SSSR count). The Hall–Kier alpha value is -3.78. The Kier molecular flexibility index (Phi) is 7.35. The lowest BCUT2D eigenvalue weighted by atomic mass is 9.93. The largest absolute Gasteiger partial charge is 0.507 e. The minimum Gasteiger partial charge on any atom is -0.507 e. The standard InChI is InChI=1S/C28H33N3O5/c1-6-35-18-12-13-20(22(16-18)36-7-2)26(32)24-25(31(15-14-30(4)5)28(34)27(24)33)23-17(3)29-21-11-9-8-10-19(21)23/h8-13,16,25,29,32H,6-7,14-15H2,1-5H3/b26-24+. The third-order valence-corrected chi connectivity index (χ3v) is 6.36. The molecule has 2 heterocycles. The van der Waals surface area contributed by atoms with Crippen molar-refractivity contribution in [3.8, 4) is 11.5 Å². The zero-order valence-corrected chi connectivity index (χ0v) is 21.4. The Bertz CT molecular complexity index is 1320. The number of amides is 1. The van der Waals surface area contributed by atoms with Crippen LogP contribution >= 0.6 is 0 Å². The molecular weight excluding hydrogens is 458 g/mol. The normalized spacial score (nSPS) is 17.4. The van der Waals surface area contributed by atoms with Crippen molar-refractivity contribution >= 4 is 28.4 Å². The zero-order valence-electron chi connectivity index (χ0n) is 21.4. The van der Waals surface area contributed by atoms with Crippen LogP contribution in [0, 0.1) is 6.92 Å². The van der Waals surface area contributed by atoms with E-state index < -0.39 is 17.7 Å². The number of ketones is 1. The fourth-order valence-electron chi connectivity index (χ4n) is 4.74. The van der Waals surface area contributed by atoms with Crippen LogP contribution in [0.15, 0.2) is 48.0 Å². The number of H-pyrrole nitrogens is 1. The maximum atomic E-state index is 13.5. The maximum absolute atomic E-state index is 13.5. The summed E-state index contributed by atoms with van der Waals surface area (Å²) in [7, 11) is 3.83. The fraction of sp³-hybridized carbons (Fsp3) is 0.357. The zero-order chi connectivity index (χ0) is 26.0. The average Bonchev–Trinajstić information content (AvgIpc) is 3.30. The molecular formula is C28H33N3O5. The number of nitrogens with zero attached hydrogens (tertiary/aromatic N) is 2. The van der Waals surface area contributed by atoms with Gasteiger partial charge < -0.3 is 29.4 Å². The van der Waals surface area contributed by atoms with Gasteiger partial charge in [-0.1, -0.05) is 18.2 Å². The predicted octanol–water partition coefficient (Wildman–Crippen LogP) is 4.26. The van der Waals surface area contributed by atoms with Crippen LogP contribution in [0.25, 0.3) is 16.7 Å². The number of aryl methyl sites for hydroxylation is 1. The number of likely N-dealkylation sites (tertiary alicyclic amines) is 1. The monoisotopic (exact) mass is 491 g/mol. The van der Waals surface area contributed by atoms with Crippen molar-refractivity contribution in [1.82, 2.24) is 14.8 Å². The van der Waals surface area contributed by atoms with Crippen LogP contribution in [0.1, 0.15) is 36.7 Å². The highest BCUT2D eigenvalue weighted by Gasteiger charge is 2.47. The van der Waals surface area contributed by atoms with Crippen molar-refractivity contribution in [2.75, 3.05) is 40.4 Å². The average molecular weight is 492 g/mol. The van der Waals surface area contributed by atoms with Gasteiger partial charge in [0.05, 0.1) is 30.4 Å². The summed E-state index contributed by atoms with van der Waals surface area (Å²) in [4.78, 5) is 33.7. The Morgan fingerprint density at radius 2 is 1.81 bits per heavy atom. The van der Waals surface area contributed by atoms with Crippen molar-refractivity contribution in [2.45, 2.75) is 26.8 Å². The summed E-state index contributed by atoms with van der Waals surface area (Å²) >= 11 is 0. The maximum Gasteiger partial charge on any atom is 0.295 e. The SMILES string of the molecule is CCOc1ccc(/C(O)=C2\C(=O)C(=O)N(CCN(C)C)C2c2c(C)[nH]c3ccccc23)c(OCC)c1. The van der Waals surface area contributed by atoms with Crippen molar-refractivity contribution in [3.63, 3.8) is 0 Å². The number of aliphatic hydroxyl groups excluding tert-OH is 1. The van der Waals surface area contributed by atoms with E-state index in [1.807, 2.05) is 64.0 Å². The molecule has 8 heteroatoms. The lowest BCUT2D eigenvalue weighted by Crippen LogP contribution is -2.35. The lowest BCUT2D eigenvalue weighted by molar-refractivity contribution is -0.140. The van der Waals surface area contributed by atoms with Crippen molar-refractivity contribution in [1.29, 1.82) is 0 Å². The van der Waals surface area contributed by atoms with E-state index in [1.165, 1.54) is 0 Å². The van der Waals surface area contributed by atoms with Gasteiger partial charge in [0, 0.05) is 41.3 Å². The van der Waals surface area contributed by atoms with Gasteiger partial charge in [-0.2, -0.15) is 0 Å². The highest BCUT2D eigenvalue weighted by Crippen LogP contribution is 2.44. The van der Waals surface area contributed by atoms with E-state index in [-0.39, 0.29) is 11.3 Å². The molecule has 8 nitrogen and oxygen atoms in total. The van der Waals surface area contributed by atoms with Crippen LogP contribution in [0.4, 0.5) is 0 Å². The van der Waals surface area contributed by atoms with Gasteiger partial charge in [0.15, 0.2) is 0 Å². The minimum absolute atomic E-state index is 0.0525. The molecule has 3 aromatic rings. The van der Waals surface area contributed by atoms with Gasteiger partial charge in [-0.25, -0.2) is 0 Å². The van der Waals surface area contributed by atoms with Gasteiger partial charge in [0.2, 0.25) is 0 Å². The predicted molar refractivity (Wildman–Crippen MR) is 139 cm³/mol. The number of nitrogens with one attached hydrogen (secondary N) is 1. The number of hydrogen-bond acceptors (Lipinski definition) is 6. The fourth-order valence-corrected chi connectivity index (χ4v) is 4.74. The molecule has 1 aromatic heterocycles. The Morgan fingerprint density at radius 1 is 1.08 bits per heavy atom. The second kappa shape index (κ2) is 10.5. The molecule has 0 spiro atoms. The van der Waals surface area contributed by atoms with Crippen molar-refractivity contribution < 1.29 is 24.2 Å². The summed E-state index contributed by atoms with van der Waals surface area (Å²) in [6.07, 6.45) is 0. The van der Waals surface area contributed by atoms with Crippen LogP contribution in [0.2, 0.25) is 0 Å². The molecule has 2 N–H and O–H groups in total. The number of carbonyl (C=O) groups is 2. The number of likely N-dealkylation sites (N-methyl/N-ethyl adjacent to an activating group) is 1. The summed E-state index contributed by atoms with van der Waals surface area (Å²) in [5.74, 6) is -0.626. The molecule has 0 saturated carbocycles. The van der Waals surface area contributed by atoms with E-state index in [0.717, 1.165) is 22.2 Å². The highest BCUT2D eigenvalue weighted by molar-refractivity contribution is 6.46. The Balaban J connectivity index is 1.95. The molecule has 0 aliphatic carbocycles. The number of Topliss-reactive ketones (excluding diaryl/α,β-unsaturated/α-hetero) is 1. The molecule has 1 atom stereocenters. The number of aliphatic hydroxyl groups is 1. The van der Waals surface area contributed by atoms with Crippen LogP contribution in [-0.4, -0.2) is 72.0 Å². The van der Waals surface area contributed by atoms with E-state index >= 15 is 0 Å². The molecule has 0 radical (unpaired) electrons. The molecule has 2 aromatic carbocycles. The first-order valence-electron chi connectivity index (χ1n) is 12.2. The second-order valence-electron chi connectivity index (χ2n) is 9.03. The number of aromatic nitrogens is 1. The van der Waals surface area contributed by atoms with Gasteiger partial charge >= 0.3 is 0 Å². The number of rotatable bonds is 9. The van der Waals surface area contributed by atoms with Gasteiger partial charge in [-0.3, -0.25) is 9.59 Å². The first-order valence-corrected chi connectivity index (χ1v) is 12.2. The molecule has 190 valence electrons. The molecule has 1 saturated heterocycles. The number of benzene rings is 2. The number of fused-ring (bicyclic) bond motifs is 1. The van der Waals surface area contributed by atoms with Crippen molar-refractivity contribution in [2.24, 2.45) is 0 Å². The second-order valence-corrected chi connectivity index (χ2v) is 9.03. The topological polar surface area (TPSA) is 95.1 Å². The van der Waals surface area contributed by atoms with Gasteiger partial charge in [-0.15, -0.1) is 0 Å². The van der Waals surface area contributed by atoms with Gasteiger partial charge in [0.25, 0.3) is 11.7 Å². The minimum atomic E-state index is -0.748. The van der Waals surface area contributed by atoms with Crippen LogP contribution < -0.4 is 9.47 Å². The molecule has 1 unspecified atom stereocenters. The van der Waals surface area contributed by atoms with Crippen molar-refractivity contribution in [3.05, 3.63) is 64.9 Å². The van der Waals surface area contributed by atoms with E-state index in [4.69, 9.17) is 9.47 Å². The number of para-hydroxylation sites is 1. The van der Waals surface area contributed by atoms with E-state index in [2.05, 4.69) is 4.98 Å². The molecule has 1 amide bonds. The van der Waals surface area contributed by atoms with E-state index in [9.17, 15) is 14.7 Å².